The van der Waals surface area contributed by atoms with Crippen molar-refractivity contribution >= 4 is 36.5 Å². The van der Waals surface area contributed by atoms with Crippen LogP contribution < -0.4 is 0 Å². The molecule has 0 N–H and O–H groups in total. The van der Waals surface area contributed by atoms with E-state index in [9.17, 15) is 0 Å². The predicted octanol–water partition coefficient (Wildman–Crippen LogP) is 8.20. The Balaban J connectivity index is 1.65. The molecule has 0 aromatic heterocycles. The summed E-state index contributed by atoms with van der Waals surface area (Å²) in [6.45, 7) is 0. The molecule has 4 aromatic rings. The van der Waals surface area contributed by atoms with Gasteiger partial charge in [0.05, 0.1) is 0 Å². The van der Waals surface area contributed by atoms with E-state index in [0.29, 0.717) is 0 Å². The molecule has 0 aliphatic carbocycles. The molecule has 4 rings (SSSR count). The number of hydrogen-bond donors (Lipinski definition) is 0. The van der Waals surface area contributed by atoms with Crippen molar-refractivity contribution in [2.75, 3.05) is 0 Å². The van der Waals surface area contributed by atoms with Crippen molar-refractivity contribution in [2.24, 2.45) is 0 Å². The molecule has 0 radical (unpaired) electrons. The molecule has 0 unspecified atom stereocenters. The third-order valence-corrected chi connectivity index (χ3v) is 4.89. The summed E-state index contributed by atoms with van der Waals surface area (Å²) in [6.07, 6.45) is 13.0. The summed E-state index contributed by atoms with van der Waals surface area (Å²) in [7, 11) is 0. The van der Waals surface area contributed by atoms with Crippen LogP contribution in [0.5, 0.6) is 0 Å². The van der Waals surface area contributed by atoms with E-state index in [1.807, 2.05) is 18.2 Å². The quantitative estimate of drug-likeness (QED) is 0.294. The molecule has 0 aliphatic heterocycles. The second-order valence-electron chi connectivity index (χ2n) is 7.12. The Morgan fingerprint density at radius 2 is 0.700 bits per heavy atom. The maximum absolute atomic E-state index is 2.24. The van der Waals surface area contributed by atoms with Crippen molar-refractivity contribution in [1.82, 2.24) is 0 Å². The molecule has 0 atom stereocenters. The van der Waals surface area contributed by atoms with Crippen molar-refractivity contribution in [2.45, 2.75) is 0 Å². The predicted molar refractivity (Wildman–Crippen MR) is 133 cm³/mol. The Bertz CT molecular complexity index is 1150. The average Bonchev–Trinajstić information content (AvgIpc) is 2.82. The molecule has 0 amide bonds. The molecule has 0 fully saturated rings. The summed E-state index contributed by atoms with van der Waals surface area (Å²) in [5.74, 6) is 0. The Hall–Kier alpha value is -3.90. The topological polar surface area (TPSA) is 0 Å². The smallest absolute Gasteiger partial charge is 0.0178 e. The van der Waals surface area contributed by atoms with Gasteiger partial charge in [-0.1, -0.05) is 140 Å². The molecule has 0 saturated heterocycles. The van der Waals surface area contributed by atoms with Gasteiger partial charge in [0.15, 0.2) is 0 Å². The molecule has 144 valence electrons. The van der Waals surface area contributed by atoms with Gasteiger partial charge in [0.25, 0.3) is 0 Å². The van der Waals surface area contributed by atoms with Crippen LogP contribution >= 0.6 is 0 Å². The molecule has 0 aliphatic rings. The fourth-order valence-corrected chi connectivity index (χ4v) is 3.25. The molecule has 0 saturated carbocycles. The summed E-state index contributed by atoms with van der Waals surface area (Å²) in [5.41, 5.74) is 7.17. The fourth-order valence-electron chi connectivity index (χ4n) is 3.25. The van der Waals surface area contributed by atoms with Crippen LogP contribution in [-0.4, -0.2) is 0 Å². The van der Waals surface area contributed by atoms with Gasteiger partial charge in [-0.05, 0) is 39.4 Å². The van der Waals surface area contributed by atoms with Crippen molar-refractivity contribution in [3.8, 4) is 0 Å². The summed E-state index contributed by atoms with van der Waals surface area (Å²) in [5, 5.41) is 0. The Morgan fingerprint density at radius 1 is 0.300 bits per heavy atom. The van der Waals surface area contributed by atoms with E-state index in [4.69, 9.17) is 0 Å². The highest BCUT2D eigenvalue weighted by Gasteiger charge is 1.99. The van der Waals surface area contributed by atoms with Gasteiger partial charge in [-0.15, -0.1) is 0 Å². The van der Waals surface area contributed by atoms with Crippen molar-refractivity contribution in [3.05, 3.63) is 143 Å². The average molecular weight is 385 g/mol. The van der Waals surface area contributed by atoms with Crippen LogP contribution in [0.15, 0.2) is 109 Å². The van der Waals surface area contributed by atoms with Crippen LogP contribution in [-0.2, 0) is 0 Å². The zero-order valence-corrected chi connectivity index (χ0v) is 16.9. The first-order valence-corrected chi connectivity index (χ1v) is 10.2. The van der Waals surface area contributed by atoms with Crippen LogP contribution in [0, 0.1) is 0 Å². The normalized spacial score (nSPS) is 11.6. The second kappa shape index (κ2) is 10.0. The lowest BCUT2D eigenvalue weighted by atomic mass is 10.0. The third-order valence-electron chi connectivity index (χ3n) is 4.89. The van der Waals surface area contributed by atoms with E-state index < -0.39 is 0 Å². The van der Waals surface area contributed by atoms with Crippen molar-refractivity contribution in [1.29, 1.82) is 0 Å². The van der Waals surface area contributed by atoms with Gasteiger partial charge >= 0.3 is 0 Å². The van der Waals surface area contributed by atoms with Gasteiger partial charge < -0.3 is 0 Å². The van der Waals surface area contributed by atoms with Gasteiger partial charge in [0, 0.05) is 0 Å². The number of hydrogen-bond acceptors (Lipinski definition) is 0. The summed E-state index contributed by atoms with van der Waals surface area (Å²) < 4.78 is 0. The highest BCUT2D eigenvalue weighted by Crippen LogP contribution is 2.20. The van der Waals surface area contributed by atoms with E-state index in [-0.39, 0.29) is 0 Å². The van der Waals surface area contributed by atoms with E-state index in [1.165, 1.54) is 33.4 Å². The molecule has 0 heteroatoms. The highest BCUT2D eigenvalue weighted by atomic mass is 14.0. The van der Waals surface area contributed by atoms with Crippen LogP contribution in [0.2, 0.25) is 0 Å². The standard InChI is InChI=1S/C30H24/c1-4-10-25(11-5-1)16-17-28-20-22-29(21-18-26-12-6-2-7-13-26)30(24-28)23-19-27-14-8-3-9-15-27/h1-24H. The van der Waals surface area contributed by atoms with Crippen LogP contribution in [0.3, 0.4) is 0 Å². The summed E-state index contributed by atoms with van der Waals surface area (Å²) in [6, 6.07) is 37.8. The van der Waals surface area contributed by atoms with Crippen molar-refractivity contribution < 1.29 is 0 Å². The lowest BCUT2D eigenvalue weighted by molar-refractivity contribution is 1.58. The lowest BCUT2D eigenvalue weighted by Crippen LogP contribution is -1.84. The maximum atomic E-state index is 2.24. The highest BCUT2D eigenvalue weighted by molar-refractivity contribution is 5.81. The van der Waals surface area contributed by atoms with Crippen LogP contribution in [0.4, 0.5) is 0 Å². The zero-order chi connectivity index (χ0) is 20.4. The SMILES string of the molecule is C(=Cc1ccc(C=Cc2ccccc2)c(C=Cc2ccccc2)c1)c1ccccc1. The first-order chi connectivity index (χ1) is 14.9. The largest absolute Gasteiger partial charge is 0.0622 e. The molecule has 0 heterocycles. The molecule has 0 spiro atoms. The Labute approximate surface area is 179 Å². The van der Waals surface area contributed by atoms with Crippen LogP contribution in [0.25, 0.3) is 36.5 Å². The van der Waals surface area contributed by atoms with Gasteiger partial charge in [0.1, 0.15) is 0 Å². The second-order valence-corrected chi connectivity index (χ2v) is 7.12. The third kappa shape index (κ3) is 5.56. The van der Waals surface area contributed by atoms with E-state index in [0.717, 1.165) is 0 Å². The maximum Gasteiger partial charge on any atom is -0.0178 e. The first kappa shape index (κ1) is 19.4. The summed E-state index contributed by atoms with van der Waals surface area (Å²) >= 11 is 0. The molecular weight excluding hydrogens is 360 g/mol. The molecular formula is C30H24. The van der Waals surface area contributed by atoms with Gasteiger partial charge in [-0.3, -0.25) is 0 Å². The minimum Gasteiger partial charge on any atom is -0.0622 e. The fraction of sp³-hybridized carbons (Fsp3) is 0. The van der Waals surface area contributed by atoms with Gasteiger partial charge in [-0.2, -0.15) is 0 Å². The molecule has 30 heavy (non-hydrogen) atoms. The molecule has 0 bridgehead atoms. The van der Waals surface area contributed by atoms with E-state index in [2.05, 4.69) is 127 Å². The summed E-state index contributed by atoms with van der Waals surface area (Å²) in [4.78, 5) is 0. The minimum absolute atomic E-state index is 1.18. The lowest BCUT2D eigenvalue weighted by Gasteiger charge is -2.05. The minimum atomic E-state index is 1.18. The van der Waals surface area contributed by atoms with Crippen LogP contribution in [0.1, 0.15) is 33.4 Å². The number of benzene rings is 4. The van der Waals surface area contributed by atoms with Crippen molar-refractivity contribution in [3.63, 3.8) is 0 Å². The monoisotopic (exact) mass is 384 g/mol. The van der Waals surface area contributed by atoms with E-state index >= 15 is 0 Å². The number of rotatable bonds is 6. The van der Waals surface area contributed by atoms with Gasteiger partial charge in [-0.25, -0.2) is 0 Å². The zero-order valence-electron chi connectivity index (χ0n) is 16.9. The molecule has 4 aromatic carbocycles. The van der Waals surface area contributed by atoms with E-state index in [1.54, 1.807) is 0 Å². The molecule has 0 nitrogen and oxygen atoms in total. The van der Waals surface area contributed by atoms with Gasteiger partial charge in [0.2, 0.25) is 0 Å². The first-order valence-electron chi connectivity index (χ1n) is 10.2. The Morgan fingerprint density at radius 3 is 1.20 bits per heavy atom. The Kier molecular flexibility index (Phi) is 6.50.